The first kappa shape index (κ1) is 20.0. The molecular weight excluding hydrogens is 344 g/mol. The Balaban J connectivity index is 0.00000225. The summed E-state index contributed by atoms with van der Waals surface area (Å²) in [6, 6.07) is -0.439. The molecule has 0 aromatic rings. The summed E-state index contributed by atoms with van der Waals surface area (Å²) in [7, 11) is 0. The van der Waals surface area contributed by atoms with Crippen LogP contribution in [0.3, 0.4) is 0 Å². The van der Waals surface area contributed by atoms with Gasteiger partial charge in [-0.3, -0.25) is 14.5 Å². The van der Waals surface area contributed by atoms with E-state index in [1.54, 1.807) is 0 Å². The summed E-state index contributed by atoms with van der Waals surface area (Å²) in [4.78, 5) is 38.4. The first-order valence-electron chi connectivity index (χ1n) is 8.82. The normalized spacial score (nSPS) is 31.3. The fourth-order valence-corrected chi connectivity index (χ4v) is 4.60. The summed E-state index contributed by atoms with van der Waals surface area (Å²) in [5.74, 6) is 0.291. The van der Waals surface area contributed by atoms with Crippen LogP contribution in [0.5, 0.6) is 0 Å². The van der Waals surface area contributed by atoms with E-state index in [1.165, 1.54) is 0 Å². The molecule has 2 saturated heterocycles. The molecule has 2 aliphatic heterocycles. The van der Waals surface area contributed by atoms with Crippen LogP contribution >= 0.6 is 12.4 Å². The van der Waals surface area contributed by atoms with Crippen molar-refractivity contribution in [2.75, 3.05) is 26.2 Å². The van der Waals surface area contributed by atoms with Gasteiger partial charge in [-0.25, -0.2) is 4.79 Å². The highest BCUT2D eigenvalue weighted by Crippen LogP contribution is 2.46. The Morgan fingerprint density at radius 1 is 1.28 bits per heavy atom. The average molecular weight is 373 g/mol. The molecule has 1 saturated carbocycles. The molecule has 0 radical (unpaired) electrons. The zero-order valence-corrected chi connectivity index (χ0v) is 16.0. The molecule has 0 bridgehead atoms. The zero-order valence-electron chi connectivity index (χ0n) is 15.2. The van der Waals surface area contributed by atoms with Gasteiger partial charge in [0.1, 0.15) is 12.1 Å². The van der Waals surface area contributed by atoms with E-state index in [0.717, 1.165) is 24.4 Å². The van der Waals surface area contributed by atoms with E-state index in [2.05, 4.69) is 36.7 Å². The van der Waals surface area contributed by atoms with Crippen LogP contribution in [0.15, 0.2) is 0 Å². The van der Waals surface area contributed by atoms with Crippen LogP contribution in [0.4, 0.5) is 4.79 Å². The van der Waals surface area contributed by atoms with Crippen molar-refractivity contribution in [1.29, 1.82) is 0 Å². The van der Waals surface area contributed by atoms with Crippen molar-refractivity contribution >= 4 is 30.3 Å². The third-order valence-electron chi connectivity index (χ3n) is 5.38. The predicted octanol–water partition coefficient (Wildman–Crippen LogP) is 0.881. The van der Waals surface area contributed by atoms with Crippen molar-refractivity contribution in [3.05, 3.63) is 0 Å². The first-order chi connectivity index (χ1) is 11.2. The fraction of sp³-hybridized carbons (Fsp3) is 0.824. The van der Waals surface area contributed by atoms with Gasteiger partial charge in [0.15, 0.2) is 0 Å². The number of halogens is 1. The number of urea groups is 1. The number of hydrogen-bond acceptors (Lipinski definition) is 4. The predicted molar refractivity (Wildman–Crippen MR) is 96.4 cm³/mol. The summed E-state index contributed by atoms with van der Waals surface area (Å²) >= 11 is 0. The van der Waals surface area contributed by atoms with Gasteiger partial charge in [0.05, 0.1) is 0 Å². The number of carbonyl (C=O) groups is 3. The van der Waals surface area contributed by atoms with Crippen LogP contribution in [-0.2, 0) is 9.59 Å². The summed E-state index contributed by atoms with van der Waals surface area (Å²) in [5.41, 5.74) is -0.841. The molecule has 0 aromatic heterocycles. The second-order valence-electron chi connectivity index (χ2n) is 8.59. The number of hydrogen-bond donors (Lipinski definition) is 3. The van der Waals surface area contributed by atoms with Crippen molar-refractivity contribution in [3.8, 4) is 0 Å². The SMILES string of the molecule is CC1CC(C)(C)CC2(C1)NC(=O)N(CC(=O)NCC1CNC1)C2=O.Cl. The Bertz CT molecular complexity index is 564. The van der Waals surface area contributed by atoms with Crippen LogP contribution in [0.25, 0.3) is 0 Å². The molecule has 2 heterocycles. The largest absolute Gasteiger partial charge is 0.354 e. The van der Waals surface area contributed by atoms with Crippen LogP contribution in [0, 0.1) is 17.3 Å². The minimum Gasteiger partial charge on any atom is -0.354 e. The van der Waals surface area contributed by atoms with E-state index in [9.17, 15) is 14.4 Å². The molecule has 3 aliphatic rings. The first-order valence-corrected chi connectivity index (χ1v) is 8.82. The highest BCUT2D eigenvalue weighted by molar-refractivity contribution is 6.09. The third kappa shape index (κ3) is 4.08. The lowest BCUT2D eigenvalue weighted by atomic mass is 9.64. The number of nitrogens with zero attached hydrogens (tertiary/aromatic N) is 1. The number of rotatable bonds is 4. The monoisotopic (exact) mass is 372 g/mol. The van der Waals surface area contributed by atoms with Gasteiger partial charge < -0.3 is 16.0 Å². The number of amides is 4. The molecule has 3 rings (SSSR count). The maximum Gasteiger partial charge on any atom is 0.325 e. The highest BCUT2D eigenvalue weighted by atomic mass is 35.5. The standard InChI is InChI=1S/C17H28N4O3.ClH/c1-11-4-16(2,3)10-17(5-11)14(23)21(15(24)20-17)9-13(22)19-8-12-6-18-7-12;/h11-12,18H,4-10H2,1-3H3,(H,19,22)(H,20,24);1H. The van der Waals surface area contributed by atoms with E-state index in [1.807, 2.05) is 0 Å². The van der Waals surface area contributed by atoms with Gasteiger partial charge in [-0.2, -0.15) is 0 Å². The van der Waals surface area contributed by atoms with Gasteiger partial charge in [-0.05, 0) is 30.6 Å². The van der Waals surface area contributed by atoms with Crippen molar-refractivity contribution in [1.82, 2.24) is 20.9 Å². The lowest BCUT2D eigenvalue weighted by molar-refractivity contribution is -0.137. The molecule has 1 aliphatic carbocycles. The van der Waals surface area contributed by atoms with E-state index in [-0.39, 0.29) is 36.2 Å². The topological polar surface area (TPSA) is 90.5 Å². The second-order valence-corrected chi connectivity index (χ2v) is 8.59. The average Bonchev–Trinajstić information content (AvgIpc) is 2.58. The van der Waals surface area contributed by atoms with E-state index in [0.29, 0.717) is 31.2 Å². The Labute approximate surface area is 155 Å². The molecule has 4 amide bonds. The summed E-state index contributed by atoms with van der Waals surface area (Å²) in [5, 5.41) is 8.85. The Kier molecular flexibility index (Phi) is 5.68. The van der Waals surface area contributed by atoms with Crippen LogP contribution < -0.4 is 16.0 Å². The molecule has 1 spiro atoms. The third-order valence-corrected chi connectivity index (χ3v) is 5.38. The van der Waals surface area contributed by atoms with Gasteiger partial charge in [0.25, 0.3) is 5.91 Å². The Morgan fingerprint density at radius 2 is 1.96 bits per heavy atom. The highest BCUT2D eigenvalue weighted by Gasteiger charge is 2.56. The molecule has 8 heteroatoms. The molecular formula is C17H29ClN4O3. The minimum absolute atomic E-state index is 0. The lowest BCUT2D eigenvalue weighted by Crippen LogP contribution is -2.54. The molecule has 2 unspecified atom stereocenters. The van der Waals surface area contributed by atoms with Crippen LogP contribution in [-0.4, -0.2) is 54.5 Å². The van der Waals surface area contributed by atoms with Gasteiger partial charge >= 0.3 is 6.03 Å². The molecule has 142 valence electrons. The van der Waals surface area contributed by atoms with Crippen LogP contribution in [0.2, 0.25) is 0 Å². The molecule has 2 atom stereocenters. The maximum atomic E-state index is 12.9. The van der Waals surface area contributed by atoms with Crippen molar-refractivity contribution in [3.63, 3.8) is 0 Å². The number of imide groups is 1. The molecule has 3 N–H and O–H groups in total. The molecule has 0 aromatic carbocycles. The second kappa shape index (κ2) is 7.11. The summed E-state index contributed by atoms with van der Waals surface area (Å²) in [6.45, 7) is 8.58. The van der Waals surface area contributed by atoms with Crippen molar-refractivity contribution < 1.29 is 14.4 Å². The van der Waals surface area contributed by atoms with Crippen molar-refractivity contribution in [2.45, 2.75) is 45.6 Å². The zero-order chi connectivity index (χ0) is 17.5. The quantitative estimate of drug-likeness (QED) is 0.639. The van der Waals surface area contributed by atoms with Gasteiger partial charge in [0.2, 0.25) is 5.91 Å². The molecule has 25 heavy (non-hydrogen) atoms. The van der Waals surface area contributed by atoms with Gasteiger partial charge in [0, 0.05) is 25.6 Å². The van der Waals surface area contributed by atoms with Crippen molar-refractivity contribution in [2.24, 2.45) is 17.3 Å². The number of nitrogens with one attached hydrogen (secondary N) is 3. The summed E-state index contributed by atoms with van der Waals surface area (Å²) < 4.78 is 0. The lowest BCUT2D eigenvalue weighted by Gasteiger charge is -2.43. The van der Waals surface area contributed by atoms with E-state index < -0.39 is 11.6 Å². The Morgan fingerprint density at radius 3 is 2.52 bits per heavy atom. The minimum atomic E-state index is -0.837. The van der Waals surface area contributed by atoms with Gasteiger partial charge in [-0.1, -0.05) is 20.8 Å². The summed E-state index contributed by atoms with van der Waals surface area (Å²) in [6.07, 6.45) is 2.31. The Hall–Kier alpha value is -1.34. The maximum absolute atomic E-state index is 12.9. The smallest absolute Gasteiger partial charge is 0.325 e. The van der Waals surface area contributed by atoms with Gasteiger partial charge in [-0.15, -0.1) is 12.4 Å². The van der Waals surface area contributed by atoms with E-state index >= 15 is 0 Å². The fourth-order valence-electron chi connectivity index (χ4n) is 4.60. The van der Waals surface area contributed by atoms with E-state index in [4.69, 9.17) is 0 Å². The van der Waals surface area contributed by atoms with Crippen LogP contribution in [0.1, 0.15) is 40.0 Å². The molecule has 3 fully saturated rings. The number of carbonyl (C=O) groups excluding carboxylic acids is 3. The molecule has 7 nitrogen and oxygen atoms in total.